The molecule has 0 radical (unpaired) electrons. The quantitative estimate of drug-likeness (QED) is 0.686. The number of nitrogen functional groups attached to an aromatic ring is 1. The van der Waals surface area contributed by atoms with Crippen LogP contribution in [0.25, 0.3) is 6.08 Å². The lowest BCUT2D eigenvalue weighted by molar-refractivity contribution is 0.0981. The first-order valence-corrected chi connectivity index (χ1v) is 12.3. The van der Waals surface area contributed by atoms with Gasteiger partial charge in [0.2, 0.25) is 0 Å². The van der Waals surface area contributed by atoms with Gasteiger partial charge in [0, 0.05) is 12.1 Å². The van der Waals surface area contributed by atoms with Gasteiger partial charge >= 0.3 is 0 Å². The molecule has 4 rings (SSSR count). The lowest BCUT2D eigenvalue weighted by atomic mass is 9.90. The van der Waals surface area contributed by atoms with Gasteiger partial charge in [0.1, 0.15) is 11.6 Å². The van der Waals surface area contributed by atoms with Gasteiger partial charge in [0.15, 0.2) is 5.03 Å². The summed E-state index contributed by atoms with van der Waals surface area (Å²) in [5.41, 5.74) is 6.34. The van der Waals surface area contributed by atoms with Crippen LogP contribution < -0.4 is 15.4 Å². The Morgan fingerprint density at radius 2 is 1.94 bits per heavy atom. The van der Waals surface area contributed by atoms with Crippen molar-refractivity contribution in [3.63, 3.8) is 0 Å². The summed E-state index contributed by atoms with van der Waals surface area (Å²) < 4.78 is 27.6. The lowest BCUT2D eigenvalue weighted by Gasteiger charge is -2.36. The molecule has 1 saturated carbocycles. The van der Waals surface area contributed by atoms with E-state index in [1.807, 2.05) is 6.08 Å². The number of carbonyl (C=O) groups excluding carboxylic acids is 1. The van der Waals surface area contributed by atoms with Crippen molar-refractivity contribution in [2.24, 2.45) is 11.8 Å². The van der Waals surface area contributed by atoms with E-state index >= 15 is 0 Å². The average molecular weight is 456 g/mol. The van der Waals surface area contributed by atoms with Crippen LogP contribution in [0, 0.1) is 11.8 Å². The lowest BCUT2D eigenvalue weighted by Crippen LogP contribution is -2.43. The first-order valence-electron chi connectivity index (χ1n) is 10.8. The molecule has 3 N–H and O–H groups in total. The molecule has 32 heavy (non-hydrogen) atoms. The Kier molecular flexibility index (Phi) is 5.70. The number of pyridine rings is 2. The molecule has 2 aromatic rings. The second-order valence-corrected chi connectivity index (χ2v) is 10.8. The van der Waals surface area contributed by atoms with Crippen molar-refractivity contribution >= 4 is 33.6 Å². The molecule has 1 saturated heterocycles. The summed E-state index contributed by atoms with van der Waals surface area (Å²) in [6, 6.07) is 7.64. The number of carbonyl (C=O) groups is 1. The van der Waals surface area contributed by atoms with Crippen LogP contribution in [0.3, 0.4) is 0 Å². The molecule has 1 amide bonds. The number of nitrogens with zero attached hydrogens (tertiary/aromatic N) is 3. The van der Waals surface area contributed by atoms with Gasteiger partial charge in [-0.25, -0.2) is 14.7 Å². The predicted molar refractivity (Wildman–Crippen MR) is 125 cm³/mol. The number of nitrogens with one attached hydrogen (secondary N) is 1. The molecule has 1 unspecified atom stereocenters. The number of rotatable bonds is 6. The monoisotopic (exact) mass is 455 g/mol. The molecule has 8 nitrogen and oxygen atoms in total. The second-order valence-electron chi connectivity index (χ2n) is 9.13. The molecule has 9 heteroatoms. The van der Waals surface area contributed by atoms with E-state index in [0.29, 0.717) is 17.7 Å². The van der Waals surface area contributed by atoms with Gasteiger partial charge in [-0.3, -0.25) is 4.79 Å². The molecule has 1 aliphatic heterocycles. The fourth-order valence-electron chi connectivity index (χ4n) is 3.88. The minimum Gasteiger partial charge on any atom is -0.384 e. The third-order valence-electron chi connectivity index (χ3n) is 6.49. The van der Waals surface area contributed by atoms with E-state index in [1.165, 1.54) is 31.0 Å². The van der Waals surface area contributed by atoms with Crippen molar-refractivity contribution in [3.05, 3.63) is 47.7 Å². The zero-order chi connectivity index (χ0) is 23.1. The largest absolute Gasteiger partial charge is 0.384 e. The Labute approximate surface area is 189 Å². The highest BCUT2D eigenvalue weighted by atomic mass is 32.2. The number of aromatic nitrogens is 2. The standard InChI is InChI=1S/C23H29N5O3S/c1-15-13-14-28(23(15,2)3)21-18(12-11-17(25-21)10-9-16-7-8-16)22(29)27-32(30,31)20-6-4-5-19(24)26-20/h4-6,9-12,15-16H,7-8,13-14H2,1-3H3,(H2,24,26)(H,27,29)/b10-9+. The Balaban J connectivity index is 1.69. The first kappa shape index (κ1) is 22.3. The van der Waals surface area contributed by atoms with Gasteiger partial charge in [-0.2, -0.15) is 8.42 Å². The Morgan fingerprint density at radius 1 is 1.19 bits per heavy atom. The topological polar surface area (TPSA) is 118 Å². The molecule has 170 valence electrons. The molecule has 0 aromatic carbocycles. The van der Waals surface area contributed by atoms with E-state index in [0.717, 1.165) is 18.7 Å². The number of allylic oxidation sites excluding steroid dienone is 1. The van der Waals surface area contributed by atoms with Gasteiger partial charge in [-0.15, -0.1) is 0 Å². The van der Waals surface area contributed by atoms with E-state index in [1.54, 1.807) is 12.1 Å². The molecule has 2 aromatic heterocycles. The zero-order valence-corrected chi connectivity index (χ0v) is 19.4. The molecule has 3 heterocycles. The van der Waals surface area contributed by atoms with Crippen LogP contribution in [0.15, 0.2) is 41.4 Å². The maximum Gasteiger partial charge on any atom is 0.281 e. The smallest absolute Gasteiger partial charge is 0.281 e. The number of nitrogens with two attached hydrogens (primary N) is 1. The minimum absolute atomic E-state index is 0.0577. The van der Waals surface area contributed by atoms with Crippen molar-refractivity contribution in [2.45, 2.75) is 50.6 Å². The van der Waals surface area contributed by atoms with Crippen molar-refractivity contribution in [1.29, 1.82) is 0 Å². The van der Waals surface area contributed by atoms with Crippen LogP contribution in [-0.2, 0) is 10.0 Å². The van der Waals surface area contributed by atoms with E-state index in [4.69, 9.17) is 10.7 Å². The predicted octanol–water partition coefficient (Wildman–Crippen LogP) is 3.23. The summed E-state index contributed by atoms with van der Waals surface area (Å²) in [5.74, 6) is 0.797. The SMILES string of the molecule is CC1CCN(c2nc(/C=C/C3CC3)ccc2C(=O)NS(=O)(=O)c2cccc(N)n2)C1(C)C. The summed E-state index contributed by atoms with van der Waals surface area (Å²) in [5, 5.41) is -0.306. The van der Waals surface area contributed by atoms with E-state index in [-0.39, 0.29) is 21.9 Å². The van der Waals surface area contributed by atoms with Crippen LogP contribution in [0.2, 0.25) is 0 Å². The third kappa shape index (κ3) is 4.48. The molecule has 2 aliphatic rings. The molecule has 1 atom stereocenters. The zero-order valence-electron chi connectivity index (χ0n) is 18.6. The summed E-state index contributed by atoms with van der Waals surface area (Å²) in [6.45, 7) is 7.15. The van der Waals surface area contributed by atoms with Crippen molar-refractivity contribution in [2.75, 3.05) is 17.2 Å². The molecular formula is C23H29N5O3S. The summed E-state index contributed by atoms with van der Waals surface area (Å²) in [6.07, 6.45) is 7.46. The highest BCUT2D eigenvalue weighted by Crippen LogP contribution is 2.39. The van der Waals surface area contributed by atoms with Gasteiger partial charge in [0.05, 0.1) is 11.3 Å². The normalized spacial score (nSPS) is 20.6. The number of hydrogen-bond acceptors (Lipinski definition) is 7. The Bertz CT molecular complexity index is 1170. The fraction of sp³-hybridized carbons (Fsp3) is 0.435. The van der Waals surface area contributed by atoms with Crippen molar-refractivity contribution < 1.29 is 13.2 Å². The first-order chi connectivity index (χ1) is 15.1. The molecular weight excluding hydrogens is 426 g/mol. The number of amides is 1. The Hall–Kier alpha value is -2.94. The third-order valence-corrected chi connectivity index (χ3v) is 7.73. The average Bonchev–Trinajstić information content (AvgIpc) is 3.52. The maximum absolute atomic E-state index is 13.1. The summed E-state index contributed by atoms with van der Waals surface area (Å²) in [7, 11) is -4.18. The van der Waals surface area contributed by atoms with Crippen LogP contribution in [0.4, 0.5) is 11.6 Å². The molecule has 1 aliphatic carbocycles. The van der Waals surface area contributed by atoms with Crippen LogP contribution in [0.5, 0.6) is 0 Å². The van der Waals surface area contributed by atoms with Gasteiger partial charge in [0.25, 0.3) is 15.9 Å². The highest BCUT2D eigenvalue weighted by Gasteiger charge is 2.41. The van der Waals surface area contributed by atoms with E-state index in [9.17, 15) is 13.2 Å². The van der Waals surface area contributed by atoms with Gasteiger partial charge in [-0.05, 0) is 75.3 Å². The minimum atomic E-state index is -4.18. The van der Waals surface area contributed by atoms with Crippen molar-refractivity contribution in [1.82, 2.24) is 14.7 Å². The fourth-order valence-corrected chi connectivity index (χ4v) is 4.82. The number of hydrogen-bond donors (Lipinski definition) is 2. The molecule has 0 bridgehead atoms. The molecule has 0 spiro atoms. The van der Waals surface area contributed by atoms with E-state index < -0.39 is 15.9 Å². The molecule has 2 fully saturated rings. The Morgan fingerprint density at radius 3 is 2.56 bits per heavy atom. The summed E-state index contributed by atoms with van der Waals surface area (Å²) >= 11 is 0. The van der Waals surface area contributed by atoms with E-state index in [2.05, 4.69) is 41.5 Å². The maximum atomic E-state index is 13.1. The summed E-state index contributed by atoms with van der Waals surface area (Å²) in [4.78, 5) is 23.8. The second kappa shape index (κ2) is 8.20. The van der Waals surface area contributed by atoms with Gasteiger partial charge in [-0.1, -0.05) is 19.1 Å². The van der Waals surface area contributed by atoms with Crippen LogP contribution >= 0.6 is 0 Å². The number of anilines is 2. The van der Waals surface area contributed by atoms with Crippen LogP contribution in [-0.4, -0.2) is 36.4 Å². The van der Waals surface area contributed by atoms with Crippen molar-refractivity contribution in [3.8, 4) is 0 Å². The number of sulfonamides is 1. The van der Waals surface area contributed by atoms with Crippen LogP contribution in [0.1, 0.15) is 56.1 Å². The highest BCUT2D eigenvalue weighted by molar-refractivity contribution is 7.90. The van der Waals surface area contributed by atoms with Gasteiger partial charge < -0.3 is 10.6 Å².